The lowest BCUT2D eigenvalue weighted by Gasteiger charge is -2.28. The average molecular weight is 248 g/mol. The van der Waals surface area contributed by atoms with Crippen LogP contribution < -0.4 is 5.32 Å². The van der Waals surface area contributed by atoms with Gasteiger partial charge >= 0.3 is 0 Å². The molecule has 1 aromatic heterocycles. The molecule has 3 nitrogen and oxygen atoms in total. The van der Waals surface area contributed by atoms with E-state index in [1.807, 2.05) is 13.0 Å². The lowest BCUT2D eigenvalue weighted by atomic mass is 9.80. The molecule has 1 aliphatic carbocycles. The Morgan fingerprint density at radius 3 is 2.89 bits per heavy atom. The first-order valence-electron chi connectivity index (χ1n) is 7.03. The van der Waals surface area contributed by atoms with Gasteiger partial charge in [-0.3, -0.25) is 4.98 Å². The van der Waals surface area contributed by atoms with Crippen molar-refractivity contribution in [3.8, 4) is 5.75 Å². The highest BCUT2D eigenvalue weighted by atomic mass is 16.3. The van der Waals surface area contributed by atoms with Crippen molar-refractivity contribution >= 4 is 0 Å². The van der Waals surface area contributed by atoms with Crippen LogP contribution in [0.4, 0.5) is 0 Å². The number of nitrogens with one attached hydrogen (secondary N) is 1. The number of hydrogen-bond donors (Lipinski definition) is 2. The summed E-state index contributed by atoms with van der Waals surface area (Å²) in [4.78, 5) is 4.36. The van der Waals surface area contributed by atoms with Crippen LogP contribution in [0.5, 0.6) is 5.75 Å². The van der Waals surface area contributed by atoms with E-state index in [4.69, 9.17) is 0 Å². The maximum Gasteiger partial charge on any atom is 0.138 e. The van der Waals surface area contributed by atoms with Gasteiger partial charge in [-0.2, -0.15) is 0 Å². The molecule has 0 aromatic carbocycles. The lowest BCUT2D eigenvalue weighted by Crippen LogP contribution is -2.29. The van der Waals surface area contributed by atoms with Crippen LogP contribution in [0.25, 0.3) is 0 Å². The van der Waals surface area contributed by atoms with Crippen LogP contribution in [-0.2, 0) is 6.54 Å². The van der Waals surface area contributed by atoms with Crippen LogP contribution in [0, 0.1) is 18.8 Å². The molecule has 1 fully saturated rings. The average Bonchev–Trinajstić information content (AvgIpc) is 2.36. The second-order valence-corrected chi connectivity index (χ2v) is 5.57. The molecule has 0 saturated heterocycles. The zero-order valence-corrected chi connectivity index (χ0v) is 11.4. The number of pyridine rings is 1. The Bertz CT molecular complexity index is 392. The Morgan fingerprint density at radius 1 is 1.33 bits per heavy atom. The van der Waals surface area contributed by atoms with Crippen LogP contribution in [0.1, 0.15) is 44.0 Å². The van der Waals surface area contributed by atoms with Crippen molar-refractivity contribution in [2.45, 2.75) is 46.1 Å². The zero-order valence-electron chi connectivity index (χ0n) is 11.4. The molecule has 1 aliphatic rings. The Morgan fingerprint density at radius 2 is 2.11 bits per heavy atom. The zero-order chi connectivity index (χ0) is 13.0. The molecule has 1 saturated carbocycles. The standard InChI is InChI=1S/C15H24N2O/c1-11-5-3-4-6-13(11)9-16-10-14-15(18)8-7-12(2)17-14/h7-8,11,13,16,18H,3-6,9-10H2,1-2H3. The molecule has 1 heterocycles. The Kier molecular flexibility index (Phi) is 4.59. The number of nitrogens with zero attached hydrogens (tertiary/aromatic N) is 1. The summed E-state index contributed by atoms with van der Waals surface area (Å²) in [7, 11) is 0. The maximum atomic E-state index is 9.72. The second kappa shape index (κ2) is 6.19. The monoisotopic (exact) mass is 248 g/mol. The molecule has 2 N–H and O–H groups in total. The second-order valence-electron chi connectivity index (χ2n) is 5.57. The maximum absolute atomic E-state index is 9.72. The predicted molar refractivity (Wildman–Crippen MR) is 73.5 cm³/mol. The third-order valence-electron chi connectivity index (χ3n) is 4.08. The highest BCUT2D eigenvalue weighted by Gasteiger charge is 2.20. The minimum absolute atomic E-state index is 0.296. The summed E-state index contributed by atoms with van der Waals surface area (Å²) in [6, 6.07) is 3.56. The van der Waals surface area contributed by atoms with Gasteiger partial charge in [0, 0.05) is 12.2 Å². The van der Waals surface area contributed by atoms with Gasteiger partial charge in [-0.1, -0.05) is 26.2 Å². The van der Waals surface area contributed by atoms with Gasteiger partial charge in [-0.15, -0.1) is 0 Å². The number of rotatable bonds is 4. The van der Waals surface area contributed by atoms with Crippen molar-refractivity contribution in [3.63, 3.8) is 0 Å². The number of hydrogen-bond acceptors (Lipinski definition) is 3. The first-order chi connectivity index (χ1) is 8.66. The highest BCUT2D eigenvalue weighted by Crippen LogP contribution is 2.29. The Hall–Kier alpha value is -1.09. The minimum Gasteiger partial charge on any atom is -0.506 e. The third kappa shape index (κ3) is 3.45. The van der Waals surface area contributed by atoms with Gasteiger partial charge < -0.3 is 10.4 Å². The SMILES string of the molecule is Cc1ccc(O)c(CNCC2CCCCC2C)n1. The van der Waals surface area contributed by atoms with Gasteiger partial charge in [-0.05, 0) is 43.9 Å². The third-order valence-corrected chi connectivity index (χ3v) is 4.08. The number of aromatic hydroxyl groups is 1. The van der Waals surface area contributed by atoms with E-state index >= 15 is 0 Å². The molecule has 2 atom stereocenters. The van der Waals surface area contributed by atoms with Crippen molar-refractivity contribution in [1.29, 1.82) is 0 Å². The summed E-state index contributed by atoms with van der Waals surface area (Å²) in [6.45, 7) is 6.01. The van der Waals surface area contributed by atoms with Crippen LogP contribution in [0.3, 0.4) is 0 Å². The molecule has 0 bridgehead atoms. The van der Waals surface area contributed by atoms with E-state index in [1.54, 1.807) is 6.07 Å². The summed E-state index contributed by atoms with van der Waals surface area (Å²) in [6.07, 6.45) is 5.45. The van der Waals surface area contributed by atoms with E-state index in [2.05, 4.69) is 17.2 Å². The Labute approximate surface area is 110 Å². The van der Waals surface area contributed by atoms with Gasteiger partial charge in [0.15, 0.2) is 0 Å². The fraction of sp³-hybridized carbons (Fsp3) is 0.667. The first-order valence-corrected chi connectivity index (χ1v) is 7.03. The van der Waals surface area contributed by atoms with Gasteiger partial charge in [0.05, 0.1) is 5.69 Å². The quantitative estimate of drug-likeness (QED) is 0.861. The molecule has 0 amide bonds. The molecule has 2 rings (SSSR count). The minimum atomic E-state index is 0.296. The smallest absolute Gasteiger partial charge is 0.138 e. The molecule has 18 heavy (non-hydrogen) atoms. The molecular weight excluding hydrogens is 224 g/mol. The molecule has 0 radical (unpaired) electrons. The largest absolute Gasteiger partial charge is 0.506 e. The molecule has 0 spiro atoms. The van der Waals surface area contributed by atoms with Crippen LogP contribution >= 0.6 is 0 Å². The Balaban J connectivity index is 1.82. The molecule has 3 heteroatoms. The molecule has 1 aromatic rings. The van der Waals surface area contributed by atoms with Gasteiger partial charge in [0.2, 0.25) is 0 Å². The van der Waals surface area contributed by atoms with Gasteiger partial charge in [0.25, 0.3) is 0 Å². The van der Waals surface area contributed by atoms with Gasteiger partial charge in [0.1, 0.15) is 5.75 Å². The predicted octanol–water partition coefficient (Wildman–Crippen LogP) is 3.01. The highest BCUT2D eigenvalue weighted by molar-refractivity contribution is 5.27. The molecule has 0 aliphatic heterocycles. The molecular formula is C15H24N2O. The first kappa shape index (κ1) is 13.3. The van der Waals surface area contributed by atoms with Crippen LogP contribution in [-0.4, -0.2) is 16.6 Å². The summed E-state index contributed by atoms with van der Waals surface area (Å²) in [5, 5.41) is 13.2. The summed E-state index contributed by atoms with van der Waals surface area (Å²) >= 11 is 0. The molecule has 2 unspecified atom stereocenters. The van der Waals surface area contributed by atoms with Gasteiger partial charge in [-0.25, -0.2) is 0 Å². The lowest BCUT2D eigenvalue weighted by molar-refractivity contribution is 0.247. The fourth-order valence-corrected chi connectivity index (χ4v) is 2.81. The topological polar surface area (TPSA) is 45.1 Å². The van der Waals surface area contributed by atoms with E-state index < -0.39 is 0 Å². The van der Waals surface area contributed by atoms with E-state index in [0.717, 1.165) is 29.8 Å². The van der Waals surface area contributed by atoms with E-state index in [0.29, 0.717) is 12.3 Å². The summed E-state index contributed by atoms with van der Waals surface area (Å²) in [5.41, 5.74) is 1.72. The summed E-state index contributed by atoms with van der Waals surface area (Å²) < 4.78 is 0. The van der Waals surface area contributed by atoms with Crippen LogP contribution in [0.15, 0.2) is 12.1 Å². The van der Waals surface area contributed by atoms with E-state index in [-0.39, 0.29) is 0 Å². The van der Waals surface area contributed by atoms with Crippen molar-refractivity contribution in [2.24, 2.45) is 11.8 Å². The van der Waals surface area contributed by atoms with Crippen molar-refractivity contribution in [1.82, 2.24) is 10.3 Å². The molecule has 100 valence electrons. The van der Waals surface area contributed by atoms with Crippen molar-refractivity contribution in [3.05, 3.63) is 23.5 Å². The summed E-state index contributed by atoms with van der Waals surface area (Å²) in [5.74, 6) is 1.90. The van der Waals surface area contributed by atoms with E-state index in [9.17, 15) is 5.11 Å². The number of aryl methyl sites for hydroxylation is 1. The van der Waals surface area contributed by atoms with Crippen LogP contribution in [0.2, 0.25) is 0 Å². The van der Waals surface area contributed by atoms with Crippen molar-refractivity contribution < 1.29 is 5.11 Å². The van der Waals surface area contributed by atoms with E-state index in [1.165, 1.54) is 25.7 Å². The van der Waals surface area contributed by atoms with Crippen molar-refractivity contribution in [2.75, 3.05) is 6.54 Å². The number of aromatic nitrogens is 1. The normalized spacial score (nSPS) is 24.1. The fourth-order valence-electron chi connectivity index (χ4n) is 2.81.